The van der Waals surface area contributed by atoms with Gasteiger partial charge in [0.1, 0.15) is 0 Å². The molecule has 0 amide bonds. The summed E-state index contributed by atoms with van der Waals surface area (Å²) in [5.74, 6) is 0. The van der Waals surface area contributed by atoms with E-state index in [0.29, 0.717) is 5.56 Å². The fraction of sp³-hybridized carbons (Fsp3) is 0.375. The first-order chi connectivity index (χ1) is 9.43. The Morgan fingerprint density at radius 3 is 2.55 bits per heavy atom. The molecule has 4 nitrogen and oxygen atoms in total. The highest BCUT2D eigenvalue weighted by Crippen LogP contribution is 2.26. The van der Waals surface area contributed by atoms with Crippen LogP contribution in [0.1, 0.15) is 41.0 Å². The molecule has 1 unspecified atom stereocenters. The summed E-state index contributed by atoms with van der Waals surface area (Å²) in [6, 6.07) is 8.03. The minimum absolute atomic E-state index is 0.149. The van der Waals surface area contributed by atoms with Gasteiger partial charge in [0.25, 0.3) is 0 Å². The van der Waals surface area contributed by atoms with E-state index >= 15 is 0 Å². The van der Waals surface area contributed by atoms with E-state index in [2.05, 4.69) is 30.3 Å². The first-order valence-electron chi connectivity index (χ1n) is 6.71. The first kappa shape index (κ1) is 14.1. The molecule has 0 spiro atoms. The van der Waals surface area contributed by atoms with Crippen LogP contribution in [0.25, 0.3) is 0 Å². The number of rotatable bonds is 3. The van der Waals surface area contributed by atoms with Crippen LogP contribution in [0.4, 0.5) is 5.69 Å². The number of anilines is 1. The van der Waals surface area contributed by atoms with Gasteiger partial charge in [-0.2, -0.15) is 10.4 Å². The van der Waals surface area contributed by atoms with Crippen molar-refractivity contribution in [1.82, 2.24) is 9.78 Å². The fourth-order valence-corrected chi connectivity index (χ4v) is 2.57. The van der Waals surface area contributed by atoms with Crippen molar-refractivity contribution < 1.29 is 0 Å². The van der Waals surface area contributed by atoms with Gasteiger partial charge in [0.15, 0.2) is 0 Å². The highest BCUT2D eigenvalue weighted by atomic mass is 15.3. The van der Waals surface area contributed by atoms with Crippen LogP contribution < -0.4 is 5.32 Å². The molecule has 2 rings (SSSR count). The molecule has 0 aliphatic heterocycles. The van der Waals surface area contributed by atoms with Crippen LogP contribution >= 0.6 is 0 Å². The summed E-state index contributed by atoms with van der Waals surface area (Å²) >= 11 is 0. The summed E-state index contributed by atoms with van der Waals surface area (Å²) in [6.45, 7) is 8.26. The van der Waals surface area contributed by atoms with Crippen LogP contribution in [0.2, 0.25) is 0 Å². The summed E-state index contributed by atoms with van der Waals surface area (Å²) in [7, 11) is 1.96. The first-order valence-corrected chi connectivity index (χ1v) is 6.71. The van der Waals surface area contributed by atoms with Crippen molar-refractivity contribution in [3.8, 4) is 6.07 Å². The third kappa shape index (κ3) is 2.53. The molecule has 0 bridgehead atoms. The normalized spacial score (nSPS) is 12.0. The van der Waals surface area contributed by atoms with Crippen molar-refractivity contribution in [3.63, 3.8) is 0 Å². The summed E-state index contributed by atoms with van der Waals surface area (Å²) in [4.78, 5) is 0. The van der Waals surface area contributed by atoms with Gasteiger partial charge in [0, 0.05) is 24.0 Å². The lowest BCUT2D eigenvalue weighted by Crippen LogP contribution is -2.10. The maximum Gasteiger partial charge on any atom is 0.0992 e. The second kappa shape index (κ2) is 5.38. The van der Waals surface area contributed by atoms with E-state index in [1.807, 2.05) is 43.8 Å². The number of aromatic nitrogens is 2. The van der Waals surface area contributed by atoms with Gasteiger partial charge in [0.05, 0.1) is 23.4 Å². The van der Waals surface area contributed by atoms with E-state index in [4.69, 9.17) is 5.26 Å². The van der Waals surface area contributed by atoms with Crippen molar-refractivity contribution in [2.75, 3.05) is 5.32 Å². The van der Waals surface area contributed by atoms with E-state index in [1.165, 1.54) is 5.56 Å². The van der Waals surface area contributed by atoms with Crippen LogP contribution in [0, 0.1) is 32.1 Å². The largest absolute Gasteiger partial charge is 0.378 e. The van der Waals surface area contributed by atoms with E-state index < -0.39 is 0 Å². The molecule has 0 fully saturated rings. The molecule has 1 heterocycles. The van der Waals surface area contributed by atoms with Crippen LogP contribution in [0.15, 0.2) is 18.2 Å². The molecule has 1 atom stereocenters. The minimum atomic E-state index is 0.149. The van der Waals surface area contributed by atoms with Crippen LogP contribution in [-0.2, 0) is 7.05 Å². The summed E-state index contributed by atoms with van der Waals surface area (Å²) in [5.41, 5.74) is 6.23. The lowest BCUT2D eigenvalue weighted by atomic mass is 10.0. The molecule has 0 aliphatic carbocycles. The number of nitriles is 1. The number of nitrogens with one attached hydrogen (secondary N) is 1. The third-order valence-electron chi connectivity index (χ3n) is 3.74. The number of aryl methyl sites for hydroxylation is 3. The van der Waals surface area contributed by atoms with Crippen molar-refractivity contribution >= 4 is 5.69 Å². The summed E-state index contributed by atoms with van der Waals surface area (Å²) in [6.07, 6.45) is 0. The van der Waals surface area contributed by atoms with Crippen molar-refractivity contribution in [2.24, 2.45) is 7.05 Å². The zero-order valence-corrected chi connectivity index (χ0v) is 12.7. The molecular formula is C16H20N4. The SMILES string of the molecule is Cc1ccc(C#N)cc1NC(C)c1c(C)nn(C)c1C. The molecule has 1 aromatic heterocycles. The molecule has 1 N–H and O–H groups in total. The maximum absolute atomic E-state index is 9.00. The zero-order valence-electron chi connectivity index (χ0n) is 12.7. The maximum atomic E-state index is 9.00. The van der Waals surface area contributed by atoms with Gasteiger partial charge in [-0.3, -0.25) is 4.68 Å². The molecular weight excluding hydrogens is 248 g/mol. The molecule has 2 aromatic rings. The van der Waals surface area contributed by atoms with E-state index in [-0.39, 0.29) is 6.04 Å². The highest BCUT2D eigenvalue weighted by molar-refractivity contribution is 5.56. The summed E-state index contributed by atoms with van der Waals surface area (Å²) in [5, 5.41) is 17.0. The minimum Gasteiger partial charge on any atom is -0.378 e. The molecule has 4 heteroatoms. The van der Waals surface area contributed by atoms with Gasteiger partial charge < -0.3 is 5.32 Å². The zero-order chi connectivity index (χ0) is 14.9. The second-order valence-electron chi connectivity index (χ2n) is 5.22. The van der Waals surface area contributed by atoms with E-state index in [9.17, 15) is 0 Å². The van der Waals surface area contributed by atoms with Gasteiger partial charge in [0.2, 0.25) is 0 Å². The van der Waals surface area contributed by atoms with Gasteiger partial charge in [-0.05, 0) is 45.4 Å². The van der Waals surface area contributed by atoms with Crippen molar-refractivity contribution in [2.45, 2.75) is 33.7 Å². The molecule has 0 aliphatic rings. The van der Waals surface area contributed by atoms with Crippen LogP contribution in [0.3, 0.4) is 0 Å². The lowest BCUT2D eigenvalue weighted by molar-refractivity contribution is 0.728. The Hall–Kier alpha value is -2.28. The topological polar surface area (TPSA) is 53.6 Å². The molecule has 104 valence electrons. The quantitative estimate of drug-likeness (QED) is 0.928. The number of nitrogens with zero attached hydrogens (tertiary/aromatic N) is 3. The lowest BCUT2D eigenvalue weighted by Gasteiger charge is -2.18. The Labute approximate surface area is 120 Å². The Balaban J connectivity index is 2.32. The molecule has 0 saturated heterocycles. The molecule has 0 saturated carbocycles. The molecule has 20 heavy (non-hydrogen) atoms. The van der Waals surface area contributed by atoms with Crippen LogP contribution in [0.5, 0.6) is 0 Å². The number of hydrogen-bond acceptors (Lipinski definition) is 3. The number of hydrogen-bond donors (Lipinski definition) is 1. The van der Waals surface area contributed by atoms with E-state index in [0.717, 1.165) is 22.6 Å². The van der Waals surface area contributed by atoms with Crippen molar-refractivity contribution in [3.05, 3.63) is 46.3 Å². The molecule has 1 aromatic carbocycles. The number of benzene rings is 1. The van der Waals surface area contributed by atoms with Crippen molar-refractivity contribution in [1.29, 1.82) is 5.26 Å². The van der Waals surface area contributed by atoms with Crippen LogP contribution in [-0.4, -0.2) is 9.78 Å². The van der Waals surface area contributed by atoms with Gasteiger partial charge in [-0.25, -0.2) is 0 Å². The Morgan fingerprint density at radius 2 is 2.00 bits per heavy atom. The smallest absolute Gasteiger partial charge is 0.0992 e. The second-order valence-corrected chi connectivity index (χ2v) is 5.22. The predicted molar refractivity (Wildman–Crippen MR) is 80.6 cm³/mol. The monoisotopic (exact) mass is 268 g/mol. The third-order valence-corrected chi connectivity index (χ3v) is 3.74. The Kier molecular flexibility index (Phi) is 3.80. The van der Waals surface area contributed by atoms with Gasteiger partial charge >= 0.3 is 0 Å². The standard InChI is InChI=1S/C16H20N4/c1-10-6-7-14(9-17)8-15(10)18-11(2)16-12(3)19-20(5)13(16)4/h6-8,11,18H,1-5H3. The van der Waals surface area contributed by atoms with E-state index in [1.54, 1.807) is 0 Å². The fourth-order valence-electron chi connectivity index (χ4n) is 2.57. The predicted octanol–water partition coefficient (Wildman–Crippen LogP) is 3.39. The van der Waals surface area contributed by atoms with Gasteiger partial charge in [-0.15, -0.1) is 0 Å². The molecule has 0 radical (unpaired) electrons. The highest BCUT2D eigenvalue weighted by Gasteiger charge is 2.16. The van der Waals surface area contributed by atoms with Gasteiger partial charge in [-0.1, -0.05) is 6.07 Å². The average molecular weight is 268 g/mol. The summed E-state index contributed by atoms with van der Waals surface area (Å²) < 4.78 is 1.90. The Morgan fingerprint density at radius 1 is 1.30 bits per heavy atom. The average Bonchev–Trinajstić information content (AvgIpc) is 2.66. The Bertz CT molecular complexity index is 677.